The third-order valence-corrected chi connectivity index (χ3v) is 8.50. The van der Waals surface area contributed by atoms with Crippen molar-refractivity contribution < 1.29 is 26.7 Å². The van der Waals surface area contributed by atoms with Crippen molar-refractivity contribution in [3.05, 3.63) is 36.4 Å². The number of hydrogen-bond donors (Lipinski definition) is 1. The Morgan fingerprint density at radius 2 is 1.86 bits per heavy atom. The van der Waals surface area contributed by atoms with Gasteiger partial charge in [0, 0.05) is 32.0 Å². The van der Waals surface area contributed by atoms with E-state index in [9.17, 15) is 22.0 Å². The largest absolute Gasteiger partial charge is 0.381 e. The topological polar surface area (TPSA) is 95.1 Å². The van der Waals surface area contributed by atoms with Gasteiger partial charge in [-0.3, -0.25) is 4.79 Å². The molecule has 9 nitrogen and oxygen atoms in total. The summed E-state index contributed by atoms with van der Waals surface area (Å²) in [5.41, 5.74) is 1.15. The first-order chi connectivity index (χ1) is 16.6. The number of nitrogens with zero attached hydrogens (tertiary/aromatic N) is 4. The zero-order chi connectivity index (χ0) is 25.0. The number of carbonyl (C=O) groups is 1. The van der Waals surface area contributed by atoms with Gasteiger partial charge in [0.2, 0.25) is 15.9 Å². The van der Waals surface area contributed by atoms with Crippen molar-refractivity contribution in [2.45, 2.75) is 42.7 Å². The van der Waals surface area contributed by atoms with Gasteiger partial charge in [-0.2, -0.15) is 4.31 Å². The molecule has 1 aromatic carbocycles. The first-order valence-corrected chi connectivity index (χ1v) is 12.9. The van der Waals surface area contributed by atoms with E-state index in [1.165, 1.54) is 12.1 Å². The third kappa shape index (κ3) is 4.34. The van der Waals surface area contributed by atoms with Crippen LogP contribution >= 0.6 is 0 Å². The van der Waals surface area contributed by atoms with Crippen molar-refractivity contribution in [1.29, 1.82) is 0 Å². The van der Waals surface area contributed by atoms with E-state index in [4.69, 9.17) is 9.72 Å². The number of sulfonamides is 1. The van der Waals surface area contributed by atoms with Crippen LogP contribution in [0.15, 0.2) is 41.3 Å². The number of likely N-dealkylation sites (N-methyl/N-ethyl adjacent to an activating group) is 1. The molecule has 0 radical (unpaired) electrons. The van der Waals surface area contributed by atoms with Crippen LogP contribution < -0.4 is 15.1 Å². The molecule has 2 aromatic rings. The fourth-order valence-corrected chi connectivity index (χ4v) is 6.33. The van der Waals surface area contributed by atoms with Gasteiger partial charge in [-0.15, -0.1) is 0 Å². The maximum atomic E-state index is 13.2. The second kappa shape index (κ2) is 8.68. The summed E-state index contributed by atoms with van der Waals surface area (Å²) in [6.07, 6.45) is 1.57. The molecular formula is C23H27F2N5O4S. The van der Waals surface area contributed by atoms with Gasteiger partial charge in [-0.05, 0) is 50.1 Å². The monoisotopic (exact) mass is 507 g/mol. The highest BCUT2D eigenvalue weighted by molar-refractivity contribution is 7.89. The molecule has 2 saturated heterocycles. The molecule has 3 aliphatic rings. The lowest BCUT2D eigenvalue weighted by atomic mass is 10.0. The summed E-state index contributed by atoms with van der Waals surface area (Å²) in [5, 5.41) is 3.13. The van der Waals surface area contributed by atoms with Gasteiger partial charge in [-0.1, -0.05) is 6.07 Å². The Labute approximate surface area is 202 Å². The quantitative estimate of drug-likeness (QED) is 0.665. The molecule has 1 atom stereocenters. The molecule has 188 valence electrons. The lowest BCUT2D eigenvalue weighted by molar-refractivity contribution is -0.119. The Morgan fingerprint density at radius 3 is 2.54 bits per heavy atom. The Bertz CT molecular complexity index is 1240. The number of anilines is 4. The predicted octanol–water partition coefficient (Wildman–Crippen LogP) is 2.82. The van der Waals surface area contributed by atoms with Crippen molar-refractivity contribution in [3.63, 3.8) is 0 Å². The fraction of sp³-hybridized carbons (Fsp3) is 0.478. The standard InChI is InChI=1S/C23H27F2N5O4S/c1-15-22(31)28(2)19-6-7-20(27-21(19)30(15)17-8-10-34-11-9-17)26-16-4-3-5-18(12-16)35(32,33)29-13-23(24,25)14-29/h3-7,12,15,17H,8-11,13-14H2,1-2H3,(H,26,27)/t15-/m1/s1. The highest BCUT2D eigenvalue weighted by atomic mass is 32.2. The van der Waals surface area contributed by atoms with Crippen molar-refractivity contribution in [2.75, 3.05) is 48.5 Å². The Kier molecular flexibility index (Phi) is 5.93. The highest BCUT2D eigenvalue weighted by Gasteiger charge is 2.49. The summed E-state index contributed by atoms with van der Waals surface area (Å²) in [6, 6.07) is 9.27. The number of fused-ring (bicyclic) bond motifs is 1. The number of ether oxygens (including phenoxy) is 1. The van der Waals surface area contributed by atoms with E-state index in [1.807, 2.05) is 13.0 Å². The van der Waals surface area contributed by atoms with E-state index >= 15 is 0 Å². The molecule has 1 amide bonds. The lowest BCUT2D eigenvalue weighted by Crippen LogP contribution is -2.58. The molecule has 1 N–H and O–H groups in total. The molecule has 2 fully saturated rings. The summed E-state index contributed by atoms with van der Waals surface area (Å²) < 4.78 is 58.1. The first-order valence-electron chi connectivity index (χ1n) is 11.5. The number of alkyl halides is 2. The van der Waals surface area contributed by atoms with Gasteiger partial charge in [0.05, 0.1) is 23.7 Å². The first kappa shape index (κ1) is 23.9. The molecule has 35 heavy (non-hydrogen) atoms. The van der Waals surface area contributed by atoms with Crippen molar-refractivity contribution >= 4 is 38.9 Å². The molecular weight excluding hydrogens is 480 g/mol. The molecule has 1 aromatic heterocycles. The minimum atomic E-state index is -4.02. The summed E-state index contributed by atoms with van der Waals surface area (Å²) in [6.45, 7) is 1.48. The minimum absolute atomic E-state index is 0.0130. The van der Waals surface area contributed by atoms with E-state index in [-0.39, 0.29) is 22.9 Å². The maximum absolute atomic E-state index is 13.2. The van der Waals surface area contributed by atoms with Crippen LogP contribution in [0.2, 0.25) is 0 Å². The van der Waals surface area contributed by atoms with Gasteiger partial charge in [-0.25, -0.2) is 22.2 Å². The number of aromatic nitrogens is 1. The van der Waals surface area contributed by atoms with Crippen LogP contribution in [0.3, 0.4) is 0 Å². The summed E-state index contributed by atoms with van der Waals surface area (Å²) in [5.74, 6) is -1.86. The van der Waals surface area contributed by atoms with Gasteiger partial charge in [0.1, 0.15) is 11.9 Å². The highest BCUT2D eigenvalue weighted by Crippen LogP contribution is 2.38. The molecule has 0 unspecified atom stereocenters. The third-order valence-electron chi connectivity index (χ3n) is 6.71. The molecule has 0 aliphatic carbocycles. The van der Waals surface area contributed by atoms with E-state index < -0.39 is 29.0 Å². The van der Waals surface area contributed by atoms with Crippen molar-refractivity contribution in [3.8, 4) is 0 Å². The summed E-state index contributed by atoms with van der Waals surface area (Å²) in [4.78, 5) is 21.3. The summed E-state index contributed by atoms with van der Waals surface area (Å²) >= 11 is 0. The van der Waals surface area contributed by atoms with E-state index in [0.29, 0.717) is 36.2 Å². The zero-order valence-electron chi connectivity index (χ0n) is 19.4. The normalized spacial score (nSPS) is 23.1. The van der Waals surface area contributed by atoms with Crippen molar-refractivity contribution in [2.24, 2.45) is 0 Å². The van der Waals surface area contributed by atoms with Crippen LogP contribution in [-0.2, 0) is 19.6 Å². The van der Waals surface area contributed by atoms with Crippen molar-refractivity contribution in [1.82, 2.24) is 9.29 Å². The number of halogens is 2. The van der Waals surface area contributed by atoms with Crippen LogP contribution in [-0.4, -0.2) is 75.0 Å². The number of pyridine rings is 1. The average molecular weight is 508 g/mol. The smallest absolute Gasteiger partial charge is 0.275 e. The molecule has 12 heteroatoms. The average Bonchev–Trinajstić information content (AvgIpc) is 2.82. The Hall–Kier alpha value is -2.83. The number of hydrogen-bond acceptors (Lipinski definition) is 7. The molecule has 3 aliphatic heterocycles. The number of carbonyl (C=O) groups excluding carboxylic acids is 1. The fourth-order valence-electron chi connectivity index (χ4n) is 4.79. The van der Waals surface area contributed by atoms with E-state index in [1.54, 1.807) is 30.1 Å². The van der Waals surface area contributed by atoms with Gasteiger partial charge < -0.3 is 19.9 Å². The molecule has 5 rings (SSSR count). The van der Waals surface area contributed by atoms with Gasteiger partial charge in [0.15, 0.2) is 5.82 Å². The van der Waals surface area contributed by atoms with Crippen LogP contribution in [0.1, 0.15) is 19.8 Å². The van der Waals surface area contributed by atoms with Crippen LogP contribution in [0.25, 0.3) is 0 Å². The second-order valence-electron chi connectivity index (χ2n) is 9.15. The number of rotatable bonds is 5. The van der Waals surface area contributed by atoms with Crippen LogP contribution in [0.5, 0.6) is 0 Å². The minimum Gasteiger partial charge on any atom is -0.381 e. The molecule has 0 saturated carbocycles. The molecule has 4 heterocycles. The maximum Gasteiger partial charge on any atom is 0.275 e. The lowest BCUT2D eigenvalue weighted by Gasteiger charge is -2.44. The zero-order valence-corrected chi connectivity index (χ0v) is 20.3. The van der Waals surface area contributed by atoms with E-state index in [0.717, 1.165) is 17.1 Å². The van der Waals surface area contributed by atoms with Crippen LogP contribution in [0, 0.1) is 0 Å². The van der Waals surface area contributed by atoms with Crippen LogP contribution in [0.4, 0.5) is 31.8 Å². The Morgan fingerprint density at radius 1 is 1.14 bits per heavy atom. The van der Waals surface area contributed by atoms with E-state index in [2.05, 4.69) is 10.2 Å². The summed E-state index contributed by atoms with van der Waals surface area (Å²) in [7, 11) is -2.29. The second-order valence-corrected chi connectivity index (χ2v) is 11.1. The SMILES string of the molecule is C[C@@H]1C(=O)N(C)c2ccc(Nc3cccc(S(=O)(=O)N4CC(F)(F)C4)c3)nc2N1C1CCOCC1. The van der Waals surface area contributed by atoms with Gasteiger partial charge in [0.25, 0.3) is 5.92 Å². The molecule has 0 spiro atoms. The van der Waals surface area contributed by atoms with Gasteiger partial charge >= 0.3 is 0 Å². The predicted molar refractivity (Wildman–Crippen MR) is 127 cm³/mol. The number of benzene rings is 1. The number of amides is 1. The Balaban J connectivity index is 1.43. The number of nitrogens with one attached hydrogen (secondary N) is 1. The molecule has 0 bridgehead atoms.